The third-order valence-corrected chi connectivity index (χ3v) is 3.87. The van der Waals surface area contributed by atoms with Crippen LogP contribution in [0.5, 0.6) is 11.5 Å². The topological polar surface area (TPSA) is 44.8 Å². The van der Waals surface area contributed by atoms with Gasteiger partial charge >= 0.3 is 5.97 Å². The lowest BCUT2D eigenvalue weighted by molar-refractivity contribution is -0.147. The molecule has 0 spiro atoms. The van der Waals surface area contributed by atoms with Crippen LogP contribution in [0.25, 0.3) is 6.08 Å². The second kappa shape index (κ2) is 8.57. The molecule has 0 unspecified atom stereocenters. The lowest BCUT2D eigenvalue weighted by atomic mass is 10.2. The van der Waals surface area contributed by atoms with Gasteiger partial charge in [-0.25, -0.2) is 4.79 Å². The molecule has 0 aliphatic rings. The van der Waals surface area contributed by atoms with Crippen molar-refractivity contribution in [3.8, 4) is 11.5 Å². The van der Waals surface area contributed by atoms with Crippen molar-refractivity contribution in [3.63, 3.8) is 0 Å². The molecule has 0 N–H and O–H groups in total. The molecule has 0 fully saturated rings. The van der Waals surface area contributed by atoms with Crippen molar-refractivity contribution in [3.05, 3.63) is 63.7 Å². The Labute approximate surface area is 149 Å². The highest BCUT2D eigenvalue weighted by molar-refractivity contribution is 14.1. The number of esters is 1. The van der Waals surface area contributed by atoms with E-state index >= 15 is 0 Å². The van der Waals surface area contributed by atoms with E-state index in [0.717, 1.165) is 14.7 Å². The summed E-state index contributed by atoms with van der Waals surface area (Å²) in [5, 5.41) is 0. The van der Waals surface area contributed by atoms with Gasteiger partial charge in [-0.1, -0.05) is 43.0 Å². The van der Waals surface area contributed by atoms with E-state index in [1.54, 1.807) is 19.3 Å². The highest BCUT2D eigenvalue weighted by Crippen LogP contribution is 2.34. The van der Waals surface area contributed by atoms with Gasteiger partial charge in [-0.15, -0.1) is 0 Å². The summed E-state index contributed by atoms with van der Waals surface area (Å²) in [6.07, 6.45) is 1.72. The summed E-state index contributed by atoms with van der Waals surface area (Å²) in [6, 6.07) is 13.2. The Hall–Kier alpha value is -2.02. The van der Waals surface area contributed by atoms with Gasteiger partial charge < -0.3 is 14.2 Å². The predicted molar refractivity (Wildman–Crippen MR) is 97.5 cm³/mol. The van der Waals surface area contributed by atoms with Crippen LogP contribution in [-0.4, -0.2) is 19.7 Å². The lowest BCUT2D eigenvalue weighted by Crippen LogP contribution is -2.15. The first-order chi connectivity index (χ1) is 11.1. The van der Waals surface area contributed by atoms with Gasteiger partial charge in [0.2, 0.25) is 0 Å². The van der Waals surface area contributed by atoms with Crippen molar-refractivity contribution < 1.29 is 19.0 Å². The lowest BCUT2D eigenvalue weighted by Gasteiger charge is -2.13. The molecule has 0 saturated heterocycles. The Bertz CT molecular complexity index is 683. The van der Waals surface area contributed by atoms with Crippen LogP contribution >= 0.6 is 22.6 Å². The molecule has 0 heterocycles. The largest absolute Gasteiger partial charge is 0.493 e. The van der Waals surface area contributed by atoms with Crippen LogP contribution in [0.2, 0.25) is 0 Å². The fourth-order valence-electron chi connectivity index (χ4n) is 1.91. The van der Waals surface area contributed by atoms with Crippen molar-refractivity contribution >= 4 is 34.6 Å². The van der Waals surface area contributed by atoms with Crippen LogP contribution in [-0.2, 0) is 16.1 Å². The summed E-state index contributed by atoms with van der Waals surface area (Å²) in [5.41, 5.74) is 1.86. The van der Waals surface area contributed by atoms with Crippen molar-refractivity contribution in [2.75, 3.05) is 13.7 Å². The normalized spacial score (nSPS) is 10.0. The fraction of sp³-hybridized carbons (Fsp3) is 0.167. The number of halogens is 1. The van der Waals surface area contributed by atoms with Gasteiger partial charge in [-0.05, 0) is 45.9 Å². The first-order valence-electron chi connectivity index (χ1n) is 6.96. The number of carbonyl (C=O) groups excluding carboxylic acids is 1. The quantitative estimate of drug-likeness (QED) is 0.497. The monoisotopic (exact) mass is 424 g/mol. The zero-order chi connectivity index (χ0) is 16.7. The first kappa shape index (κ1) is 17.3. The number of methoxy groups -OCH3 is 1. The highest BCUT2D eigenvalue weighted by Gasteiger charge is 2.13. The van der Waals surface area contributed by atoms with Gasteiger partial charge in [0.15, 0.2) is 18.1 Å². The predicted octanol–water partition coefficient (Wildman–Crippen LogP) is 4.07. The summed E-state index contributed by atoms with van der Waals surface area (Å²) < 4.78 is 16.9. The molecular formula is C18H17IO4. The van der Waals surface area contributed by atoms with E-state index in [2.05, 4.69) is 29.2 Å². The van der Waals surface area contributed by atoms with E-state index in [1.165, 1.54) is 0 Å². The minimum atomic E-state index is -0.431. The van der Waals surface area contributed by atoms with Gasteiger partial charge in [-0.2, -0.15) is 0 Å². The van der Waals surface area contributed by atoms with Gasteiger partial charge in [0, 0.05) is 0 Å². The van der Waals surface area contributed by atoms with E-state index in [0.29, 0.717) is 11.5 Å². The second-order valence-corrected chi connectivity index (χ2v) is 5.84. The molecule has 2 rings (SSSR count). The minimum Gasteiger partial charge on any atom is -0.493 e. The molecular weight excluding hydrogens is 407 g/mol. The molecule has 0 aromatic heterocycles. The molecule has 4 nitrogen and oxygen atoms in total. The average molecular weight is 424 g/mol. The van der Waals surface area contributed by atoms with Crippen LogP contribution in [0, 0.1) is 3.57 Å². The maximum Gasteiger partial charge on any atom is 0.344 e. The Morgan fingerprint density at radius 2 is 2.00 bits per heavy atom. The van der Waals surface area contributed by atoms with Crippen LogP contribution in [0.1, 0.15) is 11.1 Å². The zero-order valence-electron chi connectivity index (χ0n) is 12.8. The Kier molecular flexibility index (Phi) is 6.46. The summed E-state index contributed by atoms with van der Waals surface area (Å²) >= 11 is 2.13. The molecule has 0 bridgehead atoms. The van der Waals surface area contributed by atoms with Gasteiger partial charge in [0.05, 0.1) is 10.7 Å². The maximum atomic E-state index is 11.8. The summed E-state index contributed by atoms with van der Waals surface area (Å²) in [6.45, 7) is 3.79. The summed E-state index contributed by atoms with van der Waals surface area (Å²) in [7, 11) is 1.55. The summed E-state index contributed by atoms with van der Waals surface area (Å²) in [5.74, 6) is 0.650. The molecule has 2 aromatic carbocycles. The standard InChI is InChI=1S/C18H17IO4/c1-3-13-9-15(19)18(16(10-13)21-2)23-12-17(20)22-11-14-7-5-4-6-8-14/h3-10H,1,11-12H2,2H3. The number of ether oxygens (including phenoxy) is 3. The van der Waals surface area contributed by atoms with Crippen molar-refractivity contribution in [2.24, 2.45) is 0 Å². The number of hydrogen-bond donors (Lipinski definition) is 0. The number of rotatable bonds is 7. The highest BCUT2D eigenvalue weighted by atomic mass is 127. The molecule has 0 saturated carbocycles. The molecule has 0 amide bonds. The number of benzene rings is 2. The van der Waals surface area contributed by atoms with E-state index in [4.69, 9.17) is 14.2 Å². The minimum absolute atomic E-state index is 0.174. The zero-order valence-corrected chi connectivity index (χ0v) is 14.9. The smallest absolute Gasteiger partial charge is 0.344 e. The Morgan fingerprint density at radius 3 is 2.65 bits per heavy atom. The molecule has 120 valence electrons. The van der Waals surface area contributed by atoms with Crippen LogP contribution < -0.4 is 9.47 Å². The molecule has 23 heavy (non-hydrogen) atoms. The Balaban J connectivity index is 1.95. The van der Waals surface area contributed by atoms with Gasteiger partial charge in [0.1, 0.15) is 6.61 Å². The molecule has 2 aromatic rings. The average Bonchev–Trinajstić information content (AvgIpc) is 2.59. The maximum absolute atomic E-state index is 11.8. The molecule has 0 aliphatic carbocycles. The third kappa shape index (κ3) is 4.99. The van der Waals surface area contributed by atoms with E-state index < -0.39 is 5.97 Å². The molecule has 0 aliphatic heterocycles. The van der Waals surface area contributed by atoms with Crippen LogP contribution in [0.4, 0.5) is 0 Å². The van der Waals surface area contributed by atoms with E-state index in [-0.39, 0.29) is 13.2 Å². The fourth-order valence-corrected chi connectivity index (χ4v) is 2.69. The second-order valence-electron chi connectivity index (χ2n) is 4.67. The van der Waals surface area contributed by atoms with Crippen LogP contribution in [0.3, 0.4) is 0 Å². The first-order valence-corrected chi connectivity index (χ1v) is 8.04. The van der Waals surface area contributed by atoms with Crippen molar-refractivity contribution in [1.29, 1.82) is 0 Å². The molecule has 0 atom stereocenters. The summed E-state index contributed by atoms with van der Waals surface area (Å²) in [4.78, 5) is 11.8. The van der Waals surface area contributed by atoms with E-state index in [1.807, 2.05) is 36.4 Å². The molecule has 5 heteroatoms. The SMILES string of the molecule is C=Cc1cc(I)c(OCC(=O)OCc2ccccc2)c(OC)c1. The molecule has 0 radical (unpaired) electrons. The third-order valence-electron chi connectivity index (χ3n) is 3.06. The number of hydrogen-bond acceptors (Lipinski definition) is 4. The van der Waals surface area contributed by atoms with Crippen LogP contribution in [0.15, 0.2) is 49.0 Å². The van der Waals surface area contributed by atoms with Gasteiger partial charge in [-0.3, -0.25) is 0 Å². The van der Waals surface area contributed by atoms with Crippen molar-refractivity contribution in [1.82, 2.24) is 0 Å². The van der Waals surface area contributed by atoms with E-state index in [9.17, 15) is 4.79 Å². The Morgan fingerprint density at radius 1 is 1.26 bits per heavy atom. The van der Waals surface area contributed by atoms with Crippen molar-refractivity contribution in [2.45, 2.75) is 6.61 Å². The van der Waals surface area contributed by atoms with Gasteiger partial charge in [0.25, 0.3) is 0 Å². The number of carbonyl (C=O) groups is 1.